The fourth-order valence-corrected chi connectivity index (χ4v) is 3.28. The van der Waals surface area contributed by atoms with Gasteiger partial charge in [0.2, 0.25) is 5.91 Å². The van der Waals surface area contributed by atoms with E-state index in [-0.39, 0.29) is 5.92 Å². The van der Waals surface area contributed by atoms with Crippen molar-refractivity contribution in [3.8, 4) is 0 Å². The second kappa shape index (κ2) is 7.11. The maximum atomic E-state index is 12.5. The Morgan fingerprint density at radius 3 is 2.59 bits per heavy atom. The normalized spacial score (nSPS) is 21.0. The zero-order chi connectivity index (χ0) is 15.4. The molecule has 120 valence electrons. The molecule has 2 aliphatic rings. The van der Waals surface area contributed by atoms with Gasteiger partial charge >= 0.3 is 0 Å². The smallest absolute Gasteiger partial charge is 0.225 e. The Morgan fingerprint density at radius 1 is 1.18 bits per heavy atom. The van der Waals surface area contributed by atoms with Crippen molar-refractivity contribution in [1.82, 2.24) is 9.80 Å². The molecule has 0 atom stereocenters. The van der Waals surface area contributed by atoms with Gasteiger partial charge in [0.25, 0.3) is 0 Å². The number of amides is 1. The first kappa shape index (κ1) is 15.3. The fourth-order valence-electron chi connectivity index (χ4n) is 3.28. The number of ether oxygens (including phenoxy) is 1. The molecule has 5 heteroatoms. The Balaban J connectivity index is 1.48. The minimum absolute atomic E-state index is 0.175. The van der Waals surface area contributed by atoms with E-state index in [1.807, 2.05) is 23.1 Å². The van der Waals surface area contributed by atoms with Gasteiger partial charge in [-0.2, -0.15) is 0 Å². The molecule has 0 aromatic heterocycles. The van der Waals surface area contributed by atoms with Gasteiger partial charge in [0.05, 0.1) is 0 Å². The highest BCUT2D eigenvalue weighted by atomic mass is 16.5. The van der Waals surface area contributed by atoms with Crippen molar-refractivity contribution in [2.24, 2.45) is 5.92 Å². The standard InChI is InChI=1S/C17H25N3O2/c18-16-3-1-2-14(12-16)13-19-6-8-20(9-7-19)17(21)15-4-10-22-11-5-15/h1-3,12,15H,4-11,13,18H2. The number of carbonyl (C=O) groups is 1. The van der Waals surface area contributed by atoms with Crippen molar-refractivity contribution in [2.75, 3.05) is 45.1 Å². The van der Waals surface area contributed by atoms with Crippen molar-refractivity contribution in [1.29, 1.82) is 0 Å². The number of hydrogen-bond donors (Lipinski definition) is 1. The van der Waals surface area contributed by atoms with Crippen molar-refractivity contribution < 1.29 is 9.53 Å². The second-order valence-corrected chi connectivity index (χ2v) is 6.23. The minimum Gasteiger partial charge on any atom is -0.399 e. The van der Waals surface area contributed by atoms with Crippen LogP contribution in [0.2, 0.25) is 0 Å². The SMILES string of the molecule is Nc1cccc(CN2CCN(C(=O)C3CCOCC3)CC2)c1. The van der Waals surface area contributed by atoms with Crippen LogP contribution in [-0.4, -0.2) is 55.1 Å². The Morgan fingerprint density at radius 2 is 1.91 bits per heavy atom. The summed E-state index contributed by atoms with van der Waals surface area (Å²) in [5, 5.41) is 0. The molecule has 2 heterocycles. The van der Waals surface area contributed by atoms with Crippen molar-refractivity contribution in [3.05, 3.63) is 29.8 Å². The van der Waals surface area contributed by atoms with Crippen LogP contribution in [0.4, 0.5) is 5.69 Å². The molecule has 2 fully saturated rings. The van der Waals surface area contributed by atoms with Crippen molar-refractivity contribution >= 4 is 11.6 Å². The van der Waals surface area contributed by atoms with Crippen LogP contribution in [0.5, 0.6) is 0 Å². The highest BCUT2D eigenvalue weighted by Crippen LogP contribution is 2.19. The third-order valence-corrected chi connectivity index (χ3v) is 4.61. The summed E-state index contributed by atoms with van der Waals surface area (Å²) in [6.45, 7) is 5.90. The number of carbonyl (C=O) groups excluding carboxylic acids is 1. The number of benzene rings is 1. The summed E-state index contributed by atoms with van der Waals surface area (Å²) in [4.78, 5) is 16.9. The summed E-state index contributed by atoms with van der Waals surface area (Å²) in [5.41, 5.74) is 7.88. The molecule has 0 spiro atoms. The van der Waals surface area contributed by atoms with Crippen LogP contribution in [-0.2, 0) is 16.1 Å². The third kappa shape index (κ3) is 3.78. The van der Waals surface area contributed by atoms with Gasteiger partial charge in [0.15, 0.2) is 0 Å². The average molecular weight is 303 g/mol. The molecule has 1 aromatic carbocycles. The van der Waals surface area contributed by atoms with E-state index in [0.29, 0.717) is 5.91 Å². The molecule has 0 radical (unpaired) electrons. The highest BCUT2D eigenvalue weighted by Gasteiger charge is 2.28. The lowest BCUT2D eigenvalue weighted by atomic mass is 9.98. The highest BCUT2D eigenvalue weighted by molar-refractivity contribution is 5.79. The van der Waals surface area contributed by atoms with Crippen molar-refractivity contribution in [3.63, 3.8) is 0 Å². The molecular formula is C17H25N3O2. The Bertz CT molecular complexity index is 506. The number of piperazine rings is 1. The van der Waals surface area contributed by atoms with E-state index in [9.17, 15) is 4.79 Å². The monoisotopic (exact) mass is 303 g/mol. The average Bonchev–Trinajstić information content (AvgIpc) is 2.56. The first-order chi connectivity index (χ1) is 10.7. The van der Waals surface area contributed by atoms with Gasteiger partial charge < -0.3 is 15.4 Å². The second-order valence-electron chi connectivity index (χ2n) is 6.23. The van der Waals surface area contributed by atoms with Gasteiger partial charge in [-0.1, -0.05) is 12.1 Å². The molecule has 2 N–H and O–H groups in total. The van der Waals surface area contributed by atoms with Crippen LogP contribution < -0.4 is 5.73 Å². The molecule has 0 bridgehead atoms. The lowest BCUT2D eigenvalue weighted by Crippen LogP contribution is -2.50. The van der Waals surface area contributed by atoms with Gasteiger partial charge in [-0.05, 0) is 30.5 Å². The van der Waals surface area contributed by atoms with Crippen LogP contribution in [0, 0.1) is 5.92 Å². The Kier molecular flexibility index (Phi) is 4.95. The topological polar surface area (TPSA) is 58.8 Å². The summed E-state index contributed by atoms with van der Waals surface area (Å²) >= 11 is 0. The molecule has 5 nitrogen and oxygen atoms in total. The van der Waals surface area contributed by atoms with E-state index >= 15 is 0 Å². The van der Waals surface area contributed by atoms with E-state index < -0.39 is 0 Å². The maximum Gasteiger partial charge on any atom is 0.225 e. The van der Waals surface area contributed by atoms with Gasteiger partial charge in [-0.15, -0.1) is 0 Å². The van der Waals surface area contributed by atoms with Gasteiger partial charge in [-0.3, -0.25) is 9.69 Å². The lowest BCUT2D eigenvalue weighted by Gasteiger charge is -2.37. The van der Waals surface area contributed by atoms with Crippen LogP contribution in [0.25, 0.3) is 0 Å². The molecule has 1 aromatic rings. The number of anilines is 1. The minimum atomic E-state index is 0.175. The zero-order valence-corrected chi connectivity index (χ0v) is 13.0. The van der Waals surface area contributed by atoms with E-state index in [2.05, 4.69) is 11.0 Å². The number of rotatable bonds is 3. The van der Waals surface area contributed by atoms with Crippen LogP contribution in [0.15, 0.2) is 24.3 Å². The van der Waals surface area contributed by atoms with E-state index in [1.54, 1.807) is 0 Å². The fraction of sp³-hybridized carbons (Fsp3) is 0.588. The lowest BCUT2D eigenvalue weighted by molar-refractivity contribution is -0.140. The molecular weight excluding hydrogens is 278 g/mol. The molecule has 1 amide bonds. The summed E-state index contributed by atoms with van der Waals surface area (Å²) in [6, 6.07) is 8.04. The van der Waals surface area contributed by atoms with Crippen LogP contribution in [0.3, 0.4) is 0 Å². The summed E-state index contributed by atoms with van der Waals surface area (Å²) in [7, 11) is 0. The number of hydrogen-bond acceptors (Lipinski definition) is 4. The number of nitrogens with two attached hydrogens (primary N) is 1. The Hall–Kier alpha value is -1.59. The first-order valence-electron chi connectivity index (χ1n) is 8.15. The molecule has 2 aliphatic heterocycles. The van der Waals surface area contributed by atoms with Gasteiger partial charge in [-0.25, -0.2) is 0 Å². The quantitative estimate of drug-likeness (QED) is 0.856. The van der Waals surface area contributed by atoms with E-state index in [0.717, 1.165) is 64.5 Å². The van der Waals surface area contributed by atoms with Crippen LogP contribution >= 0.6 is 0 Å². The summed E-state index contributed by atoms with van der Waals surface area (Å²) in [6.07, 6.45) is 1.75. The van der Waals surface area contributed by atoms with Gasteiger partial charge in [0.1, 0.15) is 0 Å². The molecule has 2 saturated heterocycles. The van der Waals surface area contributed by atoms with E-state index in [1.165, 1.54) is 5.56 Å². The van der Waals surface area contributed by atoms with Crippen molar-refractivity contribution in [2.45, 2.75) is 19.4 Å². The van der Waals surface area contributed by atoms with Crippen LogP contribution in [0.1, 0.15) is 18.4 Å². The summed E-state index contributed by atoms with van der Waals surface area (Å²) < 4.78 is 5.34. The largest absolute Gasteiger partial charge is 0.399 e. The van der Waals surface area contributed by atoms with Gasteiger partial charge in [0, 0.05) is 57.5 Å². The first-order valence-corrected chi connectivity index (χ1v) is 8.15. The summed E-state index contributed by atoms with van der Waals surface area (Å²) in [5.74, 6) is 0.501. The third-order valence-electron chi connectivity index (χ3n) is 4.61. The maximum absolute atomic E-state index is 12.5. The predicted molar refractivity (Wildman–Crippen MR) is 86.3 cm³/mol. The molecule has 3 rings (SSSR count). The Labute approximate surface area is 132 Å². The number of nitrogens with zero attached hydrogens (tertiary/aromatic N) is 2. The number of nitrogen functional groups attached to an aromatic ring is 1. The predicted octanol–water partition coefficient (Wildman–Crippen LogP) is 1.34. The molecule has 0 aliphatic carbocycles. The molecule has 0 unspecified atom stereocenters. The molecule has 0 saturated carbocycles. The zero-order valence-electron chi connectivity index (χ0n) is 13.0. The van der Waals surface area contributed by atoms with E-state index in [4.69, 9.17) is 10.5 Å². The molecule has 22 heavy (non-hydrogen) atoms.